The van der Waals surface area contributed by atoms with Gasteiger partial charge in [0.15, 0.2) is 0 Å². The summed E-state index contributed by atoms with van der Waals surface area (Å²) in [6.45, 7) is 9.17. The number of thiophene rings is 1. The maximum atomic E-state index is 5.36. The number of fused-ring (bicyclic) bond motifs is 4. The van der Waals surface area contributed by atoms with Gasteiger partial charge in [-0.15, -0.1) is 11.3 Å². The van der Waals surface area contributed by atoms with Gasteiger partial charge in [0.2, 0.25) is 0 Å². The van der Waals surface area contributed by atoms with Gasteiger partial charge in [0.25, 0.3) is 0 Å². The van der Waals surface area contributed by atoms with Gasteiger partial charge < -0.3 is 0 Å². The second-order valence-corrected chi connectivity index (χ2v) is 13.8. The number of benzene rings is 6. The van der Waals surface area contributed by atoms with Crippen molar-refractivity contribution >= 4 is 42.5 Å². The van der Waals surface area contributed by atoms with E-state index in [4.69, 9.17) is 4.98 Å². The predicted octanol–water partition coefficient (Wildman–Crippen LogP) is 12.6. The van der Waals surface area contributed by atoms with E-state index in [9.17, 15) is 0 Å². The molecule has 0 atom stereocenters. The highest BCUT2D eigenvalue weighted by Crippen LogP contribution is 2.44. The van der Waals surface area contributed by atoms with Crippen molar-refractivity contribution in [2.24, 2.45) is 0 Å². The fraction of sp³-hybridized carbons (Fsp3) is 0.140. The van der Waals surface area contributed by atoms with Crippen LogP contribution < -0.4 is 0 Å². The molecule has 0 saturated carbocycles. The molecule has 0 fully saturated rings. The molecule has 0 aliphatic rings. The van der Waals surface area contributed by atoms with Crippen molar-refractivity contribution in [3.63, 3.8) is 0 Å². The topological polar surface area (TPSA) is 17.8 Å². The van der Waals surface area contributed by atoms with Crippen LogP contribution in [0.4, 0.5) is 0 Å². The third-order valence-corrected chi connectivity index (χ3v) is 10.4. The van der Waals surface area contributed by atoms with Gasteiger partial charge in [-0.2, -0.15) is 0 Å². The molecule has 0 amide bonds. The van der Waals surface area contributed by atoms with Crippen molar-refractivity contribution in [1.29, 1.82) is 0 Å². The standard InChI is InChI=1S/C43H36N2S/c1-27(2)31-18-12-19-32(28(3)4)41(31)45-39-23-11-10-22-38(39)44-43(45)36-21-13-20-35-37-26-30(24-25-40(37)46-42(35)36)34-17-9-8-16-33(34)29-14-6-5-7-15-29/h5-28H,1-4H3. The van der Waals surface area contributed by atoms with Crippen LogP contribution in [0.3, 0.4) is 0 Å². The van der Waals surface area contributed by atoms with Crippen molar-refractivity contribution in [3.8, 4) is 39.3 Å². The monoisotopic (exact) mass is 612 g/mol. The summed E-state index contributed by atoms with van der Waals surface area (Å²) in [6, 6.07) is 48.5. The number of hydrogen-bond acceptors (Lipinski definition) is 2. The Bertz CT molecular complexity index is 2350. The highest BCUT2D eigenvalue weighted by atomic mass is 32.1. The van der Waals surface area contributed by atoms with Crippen LogP contribution in [0.5, 0.6) is 0 Å². The minimum atomic E-state index is 0.375. The van der Waals surface area contributed by atoms with Gasteiger partial charge in [-0.25, -0.2) is 4.98 Å². The Morgan fingerprint density at radius 3 is 1.91 bits per heavy atom. The number of para-hydroxylation sites is 3. The number of imidazole rings is 1. The van der Waals surface area contributed by atoms with Gasteiger partial charge >= 0.3 is 0 Å². The Morgan fingerprint density at radius 1 is 0.543 bits per heavy atom. The third-order valence-electron chi connectivity index (χ3n) is 9.19. The smallest absolute Gasteiger partial charge is 0.147 e. The van der Waals surface area contributed by atoms with Crippen LogP contribution in [0.15, 0.2) is 133 Å². The molecule has 0 aliphatic carbocycles. The molecule has 3 heteroatoms. The Balaban J connectivity index is 1.37. The summed E-state index contributed by atoms with van der Waals surface area (Å²) in [5.74, 6) is 1.75. The fourth-order valence-electron chi connectivity index (χ4n) is 6.95. The summed E-state index contributed by atoms with van der Waals surface area (Å²) in [5.41, 5.74) is 12.3. The van der Waals surface area contributed by atoms with Crippen LogP contribution in [0.2, 0.25) is 0 Å². The number of hydrogen-bond donors (Lipinski definition) is 0. The quantitative estimate of drug-likeness (QED) is 0.183. The summed E-state index contributed by atoms with van der Waals surface area (Å²) in [6.07, 6.45) is 0. The fourth-order valence-corrected chi connectivity index (χ4v) is 8.14. The normalized spacial score (nSPS) is 11.9. The van der Waals surface area contributed by atoms with Crippen molar-refractivity contribution in [3.05, 3.63) is 145 Å². The number of nitrogens with zero attached hydrogens (tertiary/aromatic N) is 2. The second kappa shape index (κ2) is 11.4. The molecule has 8 rings (SSSR count). The van der Waals surface area contributed by atoms with E-state index in [1.54, 1.807) is 0 Å². The van der Waals surface area contributed by atoms with E-state index < -0.39 is 0 Å². The first-order valence-electron chi connectivity index (χ1n) is 16.2. The maximum Gasteiger partial charge on any atom is 0.147 e. The lowest BCUT2D eigenvalue weighted by atomic mass is 9.92. The van der Waals surface area contributed by atoms with Crippen LogP contribution in [-0.4, -0.2) is 9.55 Å². The highest BCUT2D eigenvalue weighted by molar-refractivity contribution is 7.26. The van der Waals surface area contributed by atoms with Gasteiger partial charge in [0.1, 0.15) is 5.82 Å². The molecule has 46 heavy (non-hydrogen) atoms. The summed E-state index contributed by atoms with van der Waals surface area (Å²) >= 11 is 1.87. The summed E-state index contributed by atoms with van der Waals surface area (Å²) < 4.78 is 5.01. The van der Waals surface area contributed by atoms with E-state index in [-0.39, 0.29) is 0 Å². The average molecular weight is 613 g/mol. The zero-order valence-electron chi connectivity index (χ0n) is 26.7. The summed E-state index contributed by atoms with van der Waals surface area (Å²) in [5, 5.41) is 2.56. The van der Waals surface area contributed by atoms with E-state index in [2.05, 4.69) is 166 Å². The molecule has 2 aromatic heterocycles. The SMILES string of the molecule is CC(C)c1cccc(C(C)C)c1-n1c(-c2cccc3c2sc2ccc(-c4ccccc4-c4ccccc4)cc23)nc2ccccc21. The van der Waals surface area contributed by atoms with Crippen molar-refractivity contribution < 1.29 is 0 Å². The van der Waals surface area contributed by atoms with Crippen molar-refractivity contribution in [2.45, 2.75) is 39.5 Å². The zero-order valence-corrected chi connectivity index (χ0v) is 27.5. The Kier molecular flexibility index (Phi) is 7.07. The first-order valence-corrected chi connectivity index (χ1v) is 17.0. The van der Waals surface area contributed by atoms with Crippen LogP contribution in [0.1, 0.15) is 50.7 Å². The van der Waals surface area contributed by atoms with Gasteiger partial charge in [-0.3, -0.25) is 4.57 Å². The lowest BCUT2D eigenvalue weighted by Gasteiger charge is -2.22. The van der Waals surface area contributed by atoms with Crippen molar-refractivity contribution in [1.82, 2.24) is 9.55 Å². The van der Waals surface area contributed by atoms with E-state index in [1.165, 1.54) is 64.8 Å². The molecule has 0 unspecified atom stereocenters. The van der Waals surface area contributed by atoms with Crippen molar-refractivity contribution in [2.75, 3.05) is 0 Å². The lowest BCUT2D eigenvalue weighted by molar-refractivity contribution is 0.811. The Hall–Kier alpha value is -4.99. The highest BCUT2D eigenvalue weighted by Gasteiger charge is 2.23. The molecule has 0 spiro atoms. The average Bonchev–Trinajstić information content (AvgIpc) is 3.66. The second-order valence-electron chi connectivity index (χ2n) is 12.8. The Labute approximate surface area is 274 Å². The van der Waals surface area contributed by atoms with Crippen LogP contribution in [0, 0.1) is 0 Å². The molecule has 0 bridgehead atoms. The summed E-state index contributed by atoms with van der Waals surface area (Å²) in [4.78, 5) is 5.36. The molecular weight excluding hydrogens is 577 g/mol. The van der Waals surface area contributed by atoms with E-state index in [1.807, 2.05) is 11.3 Å². The van der Waals surface area contributed by atoms with Gasteiger partial charge in [0, 0.05) is 25.7 Å². The number of aromatic nitrogens is 2. The van der Waals surface area contributed by atoms with Gasteiger partial charge in [-0.1, -0.05) is 131 Å². The Morgan fingerprint density at radius 2 is 1.17 bits per heavy atom. The molecule has 6 aromatic carbocycles. The molecular formula is C43H36N2S. The van der Waals surface area contributed by atoms with Crippen LogP contribution >= 0.6 is 11.3 Å². The molecule has 224 valence electrons. The minimum absolute atomic E-state index is 0.375. The van der Waals surface area contributed by atoms with E-state index in [0.29, 0.717) is 11.8 Å². The lowest BCUT2D eigenvalue weighted by Crippen LogP contribution is -2.08. The van der Waals surface area contributed by atoms with Crippen LogP contribution in [-0.2, 0) is 0 Å². The molecule has 0 aliphatic heterocycles. The molecule has 2 nitrogen and oxygen atoms in total. The largest absolute Gasteiger partial charge is 0.292 e. The molecule has 0 saturated heterocycles. The van der Waals surface area contributed by atoms with Crippen LogP contribution in [0.25, 0.3) is 70.5 Å². The predicted molar refractivity (Wildman–Crippen MR) is 198 cm³/mol. The summed E-state index contributed by atoms with van der Waals surface area (Å²) in [7, 11) is 0. The first kappa shape index (κ1) is 28.5. The maximum absolute atomic E-state index is 5.36. The third kappa shape index (κ3) is 4.66. The zero-order chi connectivity index (χ0) is 31.4. The van der Waals surface area contributed by atoms with Gasteiger partial charge in [0.05, 0.1) is 16.7 Å². The van der Waals surface area contributed by atoms with E-state index in [0.717, 1.165) is 16.9 Å². The minimum Gasteiger partial charge on any atom is -0.292 e. The molecule has 0 radical (unpaired) electrons. The molecule has 2 heterocycles. The molecule has 8 aromatic rings. The first-order chi connectivity index (χ1) is 22.5. The van der Waals surface area contributed by atoms with Gasteiger partial charge in [-0.05, 0) is 75.5 Å². The van der Waals surface area contributed by atoms with E-state index >= 15 is 0 Å². The number of rotatable bonds is 6. The molecule has 0 N–H and O–H groups in total.